The first kappa shape index (κ1) is 22.6. The van der Waals surface area contributed by atoms with Gasteiger partial charge in [-0.05, 0) is 45.2 Å². The van der Waals surface area contributed by atoms with Crippen molar-refractivity contribution in [3.05, 3.63) is 71.0 Å². The van der Waals surface area contributed by atoms with Crippen molar-refractivity contribution in [3.8, 4) is 0 Å². The maximum absolute atomic E-state index is 14.2. The van der Waals surface area contributed by atoms with Crippen LogP contribution in [0.5, 0.6) is 0 Å². The van der Waals surface area contributed by atoms with Crippen LogP contribution >= 0.6 is 0 Å². The molecule has 156 valence electrons. The van der Waals surface area contributed by atoms with E-state index in [0.717, 1.165) is 17.5 Å². The van der Waals surface area contributed by atoms with Gasteiger partial charge < -0.3 is 10.2 Å². The van der Waals surface area contributed by atoms with E-state index in [9.17, 15) is 14.0 Å². The molecule has 0 aliphatic heterocycles. The molecule has 2 amide bonds. The second kappa shape index (κ2) is 10.7. The third-order valence-electron chi connectivity index (χ3n) is 5.21. The topological polar surface area (TPSA) is 49.4 Å². The maximum atomic E-state index is 14.2. The molecular formula is C24H31FN2O2. The second-order valence-corrected chi connectivity index (χ2v) is 7.59. The maximum Gasteiger partial charge on any atom is 0.242 e. The highest BCUT2D eigenvalue weighted by atomic mass is 19.1. The zero-order valence-electron chi connectivity index (χ0n) is 17.7. The molecule has 5 heteroatoms. The van der Waals surface area contributed by atoms with Gasteiger partial charge in [-0.3, -0.25) is 9.59 Å². The molecule has 2 aromatic carbocycles. The number of carbonyl (C=O) groups is 2. The first-order chi connectivity index (χ1) is 13.8. The van der Waals surface area contributed by atoms with Gasteiger partial charge in [-0.2, -0.15) is 0 Å². The summed E-state index contributed by atoms with van der Waals surface area (Å²) in [5.74, 6) is -0.765. The van der Waals surface area contributed by atoms with Gasteiger partial charge >= 0.3 is 0 Å². The van der Waals surface area contributed by atoms with E-state index in [-0.39, 0.29) is 36.6 Å². The average molecular weight is 399 g/mol. The molecule has 2 atom stereocenters. The van der Waals surface area contributed by atoms with Gasteiger partial charge in [-0.1, -0.05) is 55.0 Å². The Bertz CT molecular complexity index is 820. The first-order valence-corrected chi connectivity index (χ1v) is 10.2. The number of hydrogen-bond donors (Lipinski definition) is 1. The molecular weight excluding hydrogens is 367 g/mol. The van der Waals surface area contributed by atoms with Gasteiger partial charge in [0.1, 0.15) is 11.9 Å². The van der Waals surface area contributed by atoms with E-state index in [0.29, 0.717) is 12.0 Å². The molecule has 0 radical (unpaired) electrons. The van der Waals surface area contributed by atoms with Gasteiger partial charge in [-0.15, -0.1) is 0 Å². The summed E-state index contributed by atoms with van der Waals surface area (Å²) in [5, 5.41) is 2.92. The number of nitrogens with zero attached hydrogens (tertiary/aromatic N) is 1. The van der Waals surface area contributed by atoms with Gasteiger partial charge in [-0.25, -0.2) is 4.39 Å². The smallest absolute Gasteiger partial charge is 0.242 e. The summed E-state index contributed by atoms with van der Waals surface area (Å²) in [6.07, 6.45) is 1.64. The number of nitrogens with one attached hydrogen (secondary N) is 1. The van der Waals surface area contributed by atoms with Gasteiger partial charge in [0.2, 0.25) is 11.8 Å². The normalized spacial score (nSPS) is 12.9. The fourth-order valence-corrected chi connectivity index (χ4v) is 3.01. The van der Waals surface area contributed by atoms with Crippen molar-refractivity contribution < 1.29 is 14.0 Å². The van der Waals surface area contributed by atoms with E-state index in [2.05, 4.69) is 5.32 Å². The van der Waals surface area contributed by atoms with Gasteiger partial charge in [0.05, 0.1) is 0 Å². The third-order valence-corrected chi connectivity index (χ3v) is 5.21. The number of carbonyl (C=O) groups excluding carboxylic acids is 2. The van der Waals surface area contributed by atoms with Gasteiger partial charge in [0.25, 0.3) is 0 Å². The van der Waals surface area contributed by atoms with Crippen LogP contribution in [0.25, 0.3) is 0 Å². The van der Waals surface area contributed by atoms with Crippen LogP contribution in [-0.4, -0.2) is 28.8 Å². The van der Waals surface area contributed by atoms with Crippen molar-refractivity contribution in [3.63, 3.8) is 0 Å². The Morgan fingerprint density at radius 2 is 1.72 bits per heavy atom. The van der Waals surface area contributed by atoms with E-state index in [1.807, 2.05) is 45.0 Å². The van der Waals surface area contributed by atoms with E-state index in [4.69, 9.17) is 0 Å². The molecule has 2 unspecified atom stereocenters. The Hall–Kier alpha value is -2.69. The number of halogens is 1. The highest BCUT2D eigenvalue weighted by molar-refractivity contribution is 5.87. The van der Waals surface area contributed by atoms with Crippen molar-refractivity contribution in [1.29, 1.82) is 0 Å². The molecule has 0 fully saturated rings. The largest absolute Gasteiger partial charge is 0.352 e. The molecule has 0 saturated carbocycles. The molecule has 0 aromatic heterocycles. The lowest BCUT2D eigenvalue weighted by atomic mass is 10.1. The molecule has 2 aromatic rings. The summed E-state index contributed by atoms with van der Waals surface area (Å²) < 4.78 is 14.2. The quantitative estimate of drug-likeness (QED) is 0.681. The van der Waals surface area contributed by atoms with E-state index in [1.54, 1.807) is 25.1 Å². The molecule has 0 heterocycles. The molecule has 0 aliphatic rings. The number of benzene rings is 2. The lowest BCUT2D eigenvalue weighted by molar-refractivity contribution is -0.140. The van der Waals surface area contributed by atoms with Crippen LogP contribution in [0.4, 0.5) is 4.39 Å². The van der Waals surface area contributed by atoms with Crippen molar-refractivity contribution >= 4 is 11.8 Å². The van der Waals surface area contributed by atoms with Gasteiger partial charge in [0, 0.05) is 24.6 Å². The van der Waals surface area contributed by atoms with E-state index < -0.39 is 6.04 Å². The molecule has 0 spiro atoms. The Morgan fingerprint density at radius 1 is 1.07 bits per heavy atom. The minimum atomic E-state index is -0.686. The van der Waals surface area contributed by atoms with Crippen molar-refractivity contribution in [1.82, 2.24) is 10.2 Å². The SMILES string of the molecule is CCC(C)NC(=O)C(C)N(Cc1ccccc1F)C(=O)CCc1ccc(C)cc1. The number of aryl methyl sites for hydroxylation is 2. The van der Waals surface area contributed by atoms with Crippen LogP contribution in [0.3, 0.4) is 0 Å². The lowest BCUT2D eigenvalue weighted by Gasteiger charge is -2.30. The summed E-state index contributed by atoms with van der Waals surface area (Å²) in [6.45, 7) is 7.68. The lowest BCUT2D eigenvalue weighted by Crippen LogP contribution is -2.49. The first-order valence-electron chi connectivity index (χ1n) is 10.2. The monoisotopic (exact) mass is 398 g/mol. The van der Waals surface area contributed by atoms with Crippen LogP contribution in [0.1, 0.15) is 50.3 Å². The Balaban J connectivity index is 2.15. The highest BCUT2D eigenvalue weighted by Crippen LogP contribution is 2.16. The molecule has 0 aliphatic carbocycles. The fourth-order valence-electron chi connectivity index (χ4n) is 3.01. The molecule has 0 bridgehead atoms. The second-order valence-electron chi connectivity index (χ2n) is 7.59. The summed E-state index contributed by atoms with van der Waals surface area (Å²) >= 11 is 0. The van der Waals surface area contributed by atoms with Crippen LogP contribution in [-0.2, 0) is 22.6 Å². The number of hydrogen-bond acceptors (Lipinski definition) is 2. The van der Waals surface area contributed by atoms with E-state index >= 15 is 0 Å². The van der Waals surface area contributed by atoms with Crippen molar-refractivity contribution in [2.24, 2.45) is 0 Å². The highest BCUT2D eigenvalue weighted by Gasteiger charge is 2.27. The summed E-state index contributed by atoms with van der Waals surface area (Å²) in [7, 11) is 0. The van der Waals surface area contributed by atoms with Gasteiger partial charge in [0.15, 0.2) is 0 Å². The number of rotatable bonds is 9. The molecule has 4 nitrogen and oxygen atoms in total. The zero-order chi connectivity index (χ0) is 21.4. The van der Waals surface area contributed by atoms with Crippen LogP contribution in [0.2, 0.25) is 0 Å². The van der Waals surface area contributed by atoms with Crippen LogP contribution < -0.4 is 5.32 Å². The Morgan fingerprint density at radius 3 is 2.34 bits per heavy atom. The molecule has 2 rings (SSSR count). The summed E-state index contributed by atoms with van der Waals surface area (Å²) in [4.78, 5) is 27.1. The molecule has 1 N–H and O–H groups in total. The van der Waals surface area contributed by atoms with Crippen molar-refractivity contribution in [2.75, 3.05) is 0 Å². The van der Waals surface area contributed by atoms with Crippen LogP contribution in [0.15, 0.2) is 48.5 Å². The third kappa shape index (κ3) is 6.70. The molecule has 0 saturated heterocycles. The predicted octanol–water partition coefficient (Wildman–Crippen LogP) is 4.40. The predicted molar refractivity (Wildman–Crippen MR) is 114 cm³/mol. The molecule has 29 heavy (non-hydrogen) atoms. The summed E-state index contributed by atoms with van der Waals surface area (Å²) in [5.41, 5.74) is 2.63. The van der Waals surface area contributed by atoms with Crippen molar-refractivity contribution in [2.45, 2.75) is 65.6 Å². The minimum absolute atomic E-state index is 0.0166. The average Bonchev–Trinajstić information content (AvgIpc) is 2.71. The van der Waals surface area contributed by atoms with E-state index in [1.165, 1.54) is 11.0 Å². The van der Waals surface area contributed by atoms with Crippen LogP contribution in [0, 0.1) is 12.7 Å². The standard InChI is InChI=1S/C24H31FN2O2/c1-5-18(3)26-24(29)19(4)27(16-21-8-6-7-9-22(21)25)23(28)15-14-20-12-10-17(2)11-13-20/h6-13,18-19H,5,14-16H2,1-4H3,(H,26,29). The fraction of sp³-hybridized carbons (Fsp3) is 0.417. The Labute approximate surface area is 173 Å². The summed E-state index contributed by atoms with van der Waals surface area (Å²) in [6, 6.07) is 13.7. The number of amides is 2. The minimum Gasteiger partial charge on any atom is -0.352 e. The zero-order valence-corrected chi connectivity index (χ0v) is 17.7. The Kier molecular flexibility index (Phi) is 8.37.